The topological polar surface area (TPSA) is 26.3 Å². The number of hydrogen-bond donors (Lipinski definition) is 0. The summed E-state index contributed by atoms with van der Waals surface area (Å²) in [6, 6.07) is 15.9. The van der Waals surface area contributed by atoms with E-state index in [0.29, 0.717) is 6.42 Å². The van der Waals surface area contributed by atoms with Crippen molar-refractivity contribution in [2.75, 3.05) is 7.11 Å². The highest BCUT2D eigenvalue weighted by Crippen LogP contribution is 2.26. The lowest BCUT2D eigenvalue weighted by Gasteiger charge is -2.15. The number of rotatable bonds is 5. The maximum atomic E-state index is 11.4. The number of hydrogen-bond acceptors (Lipinski definition) is 2. The normalized spacial score (nSPS) is 11.9. The fraction of sp³-hybridized carbons (Fsp3) is 0.235. The number of aldehydes is 1. The van der Waals surface area contributed by atoms with E-state index in [0.717, 1.165) is 28.7 Å². The SMILES string of the molecule is COc1ccccc1CC(C=O)c1ccccc1C. The minimum atomic E-state index is -0.127. The third-order valence-corrected chi connectivity index (χ3v) is 3.38. The molecular weight excluding hydrogens is 236 g/mol. The molecular formula is C17H18O2. The van der Waals surface area contributed by atoms with Gasteiger partial charge in [0.2, 0.25) is 0 Å². The molecule has 0 heterocycles. The first-order valence-electron chi connectivity index (χ1n) is 6.39. The van der Waals surface area contributed by atoms with E-state index in [9.17, 15) is 4.79 Å². The number of aryl methyl sites for hydroxylation is 1. The van der Waals surface area contributed by atoms with E-state index in [2.05, 4.69) is 0 Å². The average molecular weight is 254 g/mol. The van der Waals surface area contributed by atoms with Crippen LogP contribution >= 0.6 is 0 Å². The molecule has 0 aliphatic rings. The van der Waals surface area contributed by atoms with Crippen LogP contribution in [0.5, 0.6) is 5.75 Å². The lowest BCUT2D eigenvalue weighted by molar-refractivity contribution is -0.109. The second-order valence-electron chi connectivity index (χ2n) is 4.62. The Bertz CT molecular complexity index is 561. The van der Waals surface area contributed by atoms with Crippen LogP contribution in [0, 0.1) is 6.92 Å². The Hall–Kier alpha value is -2.09. The Morgan fingerprint density at radius 3 is 2.47 bits per heavy atom. The van der Waals surface area contributed by atoms with Crippen LogP contribution < -0.4 is 4.74 Å². The molecule has 0 saturated heterocycles. The monoisotopic (exact) mass is 254 g/mol. The van der Waals surface area contributed by atoms with Gasteiger partial charge in [-0.2, -0.15) is 0 Å². The molecule has 0 amide bonds. The van der Waals surface area contributed by atoms with E-state index in [1.54, 1.807) is 7.11 Å². The molecule has 19 heavy (non-hydrogen) atoms. The van der Waals surface area contributed by atoms with Crippen molar-refractivity contribution in [3.8, 4) is 5.75 Å². The van der Waals surface area contributed by atoms with Crippen molar-refractivity contribution in [1.82, 2.24) is 0 Å². The van der Waals surface area contributed by atoms with Crippen molar-refractivity contribution in [1.29, 1.82) is 0 Å². The number of benzene rings is 2. The summed E-state index contributed by atoms with van der Waals surface area (Å²) in [5, 5.41) is 0. The Kier molecular flexibility index (Phi) is 4.35. The predicted molar refractivity (Wildman–Crippen MR) is 76.7 cm³/mol. The van der Waals surface area contributed by atoms with E-state index < -0.39 is 0 Å². The highest BCUT2D eigenvalue weighted by Gasteiger charge is 2.15. The largest absolute Gasteiger partial charge is 0.496 e. The minimum absolute atomic E-state index is 0.127. The van der Waals surface area contributed by atoms with Gasteiger partial charge in [-0.05, 0) is 36.1 Å². The first-order valence-corrected chi connectivity index (χ1v) is 6.39. The number of methoxy groups -OCH3 is 1. The molecule has 0 aromatic heterocycles. The summed E-state index contributed by atoms with van der Waals surface area (Å²) in [6.07, 6.45) is 1.69. The van der Waals surface area contributed by atoms with Crippen molar-refractivity contribution in [3.05, 3.63) is 65.2 Å². The summed E-state index contributed by atoms with van der Waals surface area (Å²) in [6.45, 7) is 2.04. The molecule has 2 aromatic rings. The minimum Gasteiger partial charge on any atom is -0.496 e. The van der Waals surface area contributed by atoms with Gasteiger partial charge in [-0.3, -0.25) is 0 Å². The van der Waals surface area contributed by atoms with Crippen LogP contribution in [0.4, 0.5) is 0 Å². The van der Waals surface area contributed by atoms with Crippen LogP contribution in [-0.4, -0.2) is 13.4 Å². The molecule has 0 aliphatic carbocycles. The van der Waals surface area contributed by atoms with Crippen molar-refractivity contribution >= 4 is 6.29 Å². The summed E-state index contributed by atoms with van der Waals surface area (Å²) in [5.41, 5.74) is 3.29. The number of carbonyl (C=O) groups is 1. The van der Waals surface area contributed by atoms with Gasteiger partial charge in [0.05, 0.1) is 7.11 Å². The van der Waals surface area contributed by atoms with Gasteiger partial charge in [-0.25, -0.2) is 0 Å². The molecule has 0 fully saturated rings. The van der Waals surface area contributed by atoms with E-state index in [-0.39, 0.29) is 5.92 Å². The van der Waals surface area contributed by atoms with Gasteiger partial charge >= 0.3 is 0 Å². The molecule has 98 valence electrons. The lowest BCUT2D eigenvalue weighted by atomic mass is 9.90. The quantitative estimate of drug-likeness (QED) is 0.763. The zero-order valence-corrected chi connectivity index (χ0v) is 11.3. The van der Waals surface area contributed by atoms with Gasteiger partial charge in [-0.15, -0.1) is 0 Å². The van der Waals surface area contributed by atoms with Gasteiger partial charge in [0, 0.05) is 5.92 Å². The van der Waals surface area contributed by atoms with Crippen molar-refractivity contribution in [2.45, 2.75) is 19.3 Å². The highest BCUT2D eigenvalue weighted by molar-refractivity contribution is 5.64. The Labute approximate surface area is 114 Å². The van der Waals surface area contributed by atoms with Crippen LogP contribution in [0.25, 0.3) is 0 Å². The first kappa shape index (κ1) is 13.3. The summed E-state index contributed by atoms with van der Waals surface area (Å²) < 4.78 is 5.34. The number of ether oxygens (including phenoxy) is 1. The lowest BCUT2D eigenvalue weighted by Crippen LogP contribution is -2.07. The van der Waals surface area contributed by atoms with Crippen LogP contribution in [0.1, 0.15) is 22.6 Å². The summed E-state index contributed by atoms with van der Waals surface area (Å²) in [4.78, 5) is 11.4. The zero-order valence-electron chi connectivity index (χ0n) is 11.3. The molecule has 2 rings (SSSR count). The molecule has 2 heteroatoms. The Morgan fingerprint density at radius 1 is 1.11 bits per heavy atom. The Balaban J connectivity index is 2.29. The summed E-state index contributed by atoms with van der Waals surface area (Å²) in [7, 11) is 1.66. The molecule has 0 saturated carbocycles. The van der Waals surface area contributed by atoms with Gasteiger partial charge in [0.1, 0.15) is 12.0 Å². The van der Waals surface area contributed by atoms with Crippen LogP contribution in [0.15, 0.2) is 48.5 Å². The summed E-state index contributed by atoms with van der Waals surface area (Å²) >= 11 is 0. The van der Waals surface area contributed by atoms with E-state index in [4.69, 9.17) is 4.74 Å². The molecule has 0 radical (unpaired) electrons. The zero-order chi connectivity index (χ0) is 13.7. The predicted octanol–water partition coefficient (Wildman–Crippen LogP) is 3.53. The van der Waals surface area contributed by atoms with Gasteiger partial charge in [0.25, 0.3) is 0 Å². The molecule has 0 N–H and O–H groups in total. The fourth-order valence-electron chi connectivity index (χ4n) is 2.34. The van der Waals surface area contributed by atoms with E-state index in [1.165, 1.54) is 0 Å². The summed E-state index contributed by atoms with van der Waals surface area (Å²) in [5.74, 6) is 0.709. The third-order valence-electron chi connectivity index (χ3n) is 3.38. The molecule has 1 atom stereocenters. The molecule has 2 nitrogen and oxygen atoms in total. The smallest absolute Gasteiger partial charge is 0.127 e. The molecule has 0 aliphatic heterocycles. The number of carbonyl (C=O) groups excluding carboxylic acids is 1. The second-order valence-corrected chi connectivity index (χ2v) is 4.62. The highest BCUT2D eigenvalue weighted by atomic mass is 16.5. The van der Waals surface area contributed by atoms with Gasteiger partial charge in [-0.1, -0.05) is 42.5 Å². The van der Waals surface area contributed by atoms with Crippen molar-refractivity contribution in [2.24, 2.45) is 0 Å². The third kappa shape index (κ3) is 3.02. The Morgan fingerprint density at radius 2 is 1.79 bits per heavy atom. The van der Waals surface area contributed by atoms with Crippen molar-refractivity contribution in [3.63, 3.8) is 0 Å². The maximum Gasteiger partial charge on any atom is 0.127 e. The average Bonchev–Trinajstić information content (AvgIpc) is 2.46. The van der Waals surface area contributed by atoms with Crippen LogP contribution in [-0.2, 0) is 11.2 Å². The molecule has 0 spiro atoms. The molecule has 1 unspecified atom stereocenters. The molecule has 0 bridgehead atoms. The fourth-order valence-corrected chi connectivity index (χ4v) is 2.34. The van der Waals surface area contributed by atoms with Crippen LogP contribution in [0.2, 0.25) is 0 Å². The van der Waals surface area contributed by atoms with E-state index >= 15 is 0 Å². The first-order chi connectivity index (χ1) is 9.26. The maximum absolute atomic E-state index is 11.4. The molecule has 2 aromatic carbocycles. The van der Waals surface area contributed by atoms with Gasteiger partial charge < -0.3 is 9.53 Å². The van der Waals surface area contributed by atoms with Crippen molar-refractivity contribution < 1.29 is 9.53 Å². The van der Waals surface area contributed by atoms with Gasteiger partial charge in [0.15, 0.2) is 0 Å². The second kappa shape index (κ2) is 6.19. The van der Waals surface area contributed by atoms with E-state index in [1.807, 2.05) is 55.5 Å². The standard InChI is InChI=1S/C17H18O2/c1-13-7-3-5-9-16(13)15(12-18)11-14-8-4-6-10-17(14)19-2/h3-10,12,15H,11H2,1-2H3. The van der Waals surface area contributed by atoms with Crippen LogP contribution in [0.3, 0.4) is 0 Å². The number of para-hydroxylation sites is 1.